The Kier molecular flexibility index (Phi) is 5.97. The molecule has 1 unspecified atom stereocenters. The standard InChI is InChI=1S/C16H19ClFN3O4/c17-11-6-10(7-12(18)8-11)9-21(5-1-2-13(19)22)15(24)16(25)3-4-20-14(16)23/h6-8,25H,1-5,9H2,(H2,19,22)(H,20,23). The number of carbonyl (C=O) groups is 3. The predicted molar refractivity (Wildman–Crippen MR) is 87.8 cm³/mol. The van der Waals surface area contributed by atoms with Crippen molar-refractivity contribution < 1.29 is 23.9 Å². The molecule has 3 amide bonds. The SMILES string of the molecule is NC(=O)CCCN(Cc1cc(F)cc(Cl)c1)C(=O)C1(O)CCNC1=O. The van der Waals surface area contributed by atoms with Crippen LogP contribution in [0.4, 0.5) is 4.39 Å². The van der Waals surface area contributed by atoms with E-state index < -0.39 is 29.1 Å². The number of nitrogens with one attached hydrogen (secondary N) is 1. The van der Waals surface area contributed by atoms with Crippen molar-refractivity contribution >= 4 is 29.3 Å². The normalized spacial score (nSPS) is 19.6. The van der Waals surface area contributed by atoms with Crippen molar-refractivity contribution in [1.82, 2.24) is 10.2 Å². The van der Waals surface area contributed by atoms with Gasteiger partial charge in [-0.2, -0.15) is 0 Å². The summed E-state index contributed by atoms with van der Waals surface area (Å²) in [5.74, 6) is -2.66. The molecular formula is C16H19ClFN3O4. The predicted octanol–water partition coefficient (Wildman–Crippen LogP) is 0.324. The molecule has 1 heterocycles. The molecule has 1 aromatic carbocycles. The van der Waals surface area contributed by atoms with E-state index in [4.69, 9.17) is 17.3 Å². The van der Waals surface area contributed by atoms with Crippen molar-refractivity contribution in [3.8, 4) is 0 Å². The number of nitrogens with two attached hydrogens (primary N) is 1. The topological polar surface area (TPSA) is 113 Å². The molecule has 0 radical (unpaired) electrons. The zero-order valence-corrected chi connectivity index (χ0v) is 14.2. The van der Waals surface area contributed by atoms with Crippen LogP contribution < -0.4 is 11.1 Å². The number of carbonyl (C=O) groups excluding carboxylic acids is 3. The molecule has 0 aromatic heterocycles. The van der Waals surface area contributed by atoms with Gasteiger partial charge in [-0.3, -0.25) is 14.4 Å². The summed E-state index contributed by atoms with van der Waals surface area (Å²) >= 11 is 5.82. The molecule has 1 fully saturated rings. The minimum Gasteiger partial charge on any atom is -0.372 e. The van der Waals surface area contributed by atoms with Gasteiger partial charge in [0.1, 0.15) is 5.82 Å². The summed E-state index contributed by atoms with van der Waals surface area (Å²) in [7, 11) is 0. The molecule has 1 atom stereocenters. The van der Waals surface area contributed by atoms with Gasteiger partial charge in [0, 0.05) is 37.5 Å². The van der Waals surface area contributed by atoms with Gasteiger partial charge in [0.2, 0.25) is 11.5 Å². The van der Waals surface area contributed by atoms with E-state index in [1.165, 1.54) is 17.0 Å². The van der Waals surface area contributed by atoms with Gasteiger partial charge in [-0.05, 0) is 30.2 Å². The minimum atomic E-state index is -2.16. The van der Waals surface area contributed by atoms with Gasteiger partial charge < -0.3 is 21.1 Å². The van der Waals surface area contributed by atoms with Crippen LogP contribution in [0.2, 0.25) is 5.02 Å². The highest BCUT2D eigenvalue weighted by Crippen LogP contribution is 2.22. The van der Waals surface area contributed by atoms with Crippen LogP contribution in [0.25, 0.3) is 0 Å². The van der Waals surface area contributed by atoms with E-state index in [1.807, 2.05) is 0 Å². The number of rotatable bonds is 7. The molecule has 7 nitrogen and oxygen atoms in total. The number of hydrogen-bond acceptors (Lipinski definition) is 4. The smallest absolute Gasteiger partial charge is 0.264 e. The number of benzene rings is 1. The number of hydrogen-bond donors (Lipinski definition) is 3. The van der Waals surface area contributed by atoms with E-state index >= 15 is 0 Å². The highest BCUT2D eigenvalue weighted by atomic mass is 35.5. The lowest BCUT2D eigenvalue weighted by Gasteiger charge is -2.29. The number of amides is 3. The third-order valence-electron chi connectivity index (χ3n) is 3.94. The molecule has 0 aliphatic carbocycles. The van der Waals surface area contributed by atoms with E-state index in [0.717, 1.165) is 6.07 Å². The van der Waals surface area contributed by atoms with Crippen LogP contribution in [-0.4, -0.2) is 46.4 Å². The lowest BCUT2D eigenvalue weighted by molar-refractivity contribution is -0.158. The maximum Gasteiger partial charge on any atom is 0.264 e. The molecule has 2 rings (SSSR count). The fourth-order valence-electron chi connectivity index (χ4n) is 2.70. The summed E-state index contributed by atoms with van der Waals surface area (Å²) < 4.78 is 13.5. The van der Waals surface area contributed by atoms with Crippen LogP contribution >= 0.6 is 11.6 Å². The van der Waals surface area contributed by atoms with Crippen LogP contribution in [0.3, 0.4) is 0 Å². The van der Waals surface area contributed by atoms with Crippen LogP contribution in [0, 0.1) is 5.82 Å². The van der Waals surface area contributed by atoms with Crippen LogP contribution in [-0.2, 0) is 20.9 Å². The molecule has 25 heavy (non-hydrogen) atoms. The fraction of sp³-hybridized carbons (Fsp3) is 0.438. The molecule has 0 spiro atoms. The highest BCUT2D eigenvalue weighted by molar-refractivity contribution is 6.30. The first-order valence-electron chi connectivity index (χ1n) is 7.75. The molecule has 1 aliphatic rings. The Hall–Kier alpha value is -2.19. The van der Waals surface area contributed by atoms with Gasteiger partial charge in [-0.25, -0.2) is 4.39 Å². The number of aliphatic hydroxyl groups is 1. The Labute approximate surface area is 148 Å². The Morgan fingerprint density at radius 3 is 2.68 bits per heavy atom. The van der Waals surface area contributed by atoms with E-state index in [1.54, 1.807) is 0 Å². The summed E-state index contributed by atoms with van der Waals surface area (Å²) in [6.07, 6.45) is 0.237. The third kappa shape index (κ3) is 4.67. The van der Waals surface area contributed by atoms with Crippen molar-refractivity contribution in [1.29, 1.82) is 0 Å². The molecule has 1 aromatic rings. The van der Waals surface area contributed by atoms with E-state index in [9.17, 15) is 23.9 Å². The van der Waals surface area contributed by atoms with Crippen LogP contribution in [0.5, 0.6) is 0 Å². The van der Waals surface area contributed by atoms with Crippen molar-refractivity contribution in [2.45, 2.75) is 31.4 Å². The molecule has 0 bridgehead atoms. The van der Waals surface area contributed by atoms with Gasteiger partial charge in [0.05, 0.1) is 0 Å². The lowest BCUT2D eigenvalue weighted by Crippen LogP contribution is -2.53. The first kappa shape index (κ1) is 19.1. The molecule has 9 heteroatoms. The van der Waals surface area contributed by atoms with Gasteiger partial charge in [-0.15, -0.1) is 0 Å². The number of nitrogens with zero attached hydrogens (tertiary/aromatic N) is 1. The zero-order valence-electron chi connectivity index (χ0n) is 13.4. The minimum absolute atomic E-state index is 0.0400. The third-order valence-corrected chi connectivity index (χ3v) is 4.15. The fourth-order valence-corrected chi connectivity index (χ4v) is 2.95. The molecule has 1 saturated heterocycles. The lowest BCUT2D eigenvalue weighted by atomic mass is 9.99. The summed E-state index contributed by atoms with van der Waals surface area (Å²) in [5.41, 5.74) is 3.33. The average molecular weight is 372 g/mol. The van der Waals surface area contributed by atoms with Crippen LogP contribution in [0.15, 0.2) is 18.2 Å². The van der Waals surface area contributed by atoms with Gasteiger partial charge >= 0.3 is 0 Å². The van der Waals surface area contributed by atoms with Crippen LogP contribution in [0.1, 0.15) is 24.8 Å². The van der Waals surface area contributed by atoms with Crippen molar-refractivity contribution in [3.05, 3.63) is 34.6 Å². The molecule has 4 N–H and O–H groups in total. The Morgan fingerprint density at radius 1 is 1.40 bits per heavy atom. The average Bonchev–Trinajstić information content (AvgIpc) is 2.85. The Morgan fingerprint density at radius 2 is 2.12 bits per heavy atom. The summed E-state index contributed by atoms with van der Waals surface area (Å²) in [6, 6.07) is 3.82. The summed E-state index contributed by atoms with van der Waals surface area (Å²) in [5, 5.41) is 13.0. The molecule has 1 aliphatic heterocycles. The second kappa shape index (κ2) is 7.79. The second-order valence-corrected chi connectivity index (χ2v) is 6.38. The molecular weight excluding hydrogens is 353 g/mol. The second-order valence-electron chi connectivity index (χ2n) is 5.94. The van der Waals surface area contributed by atoms with Crippen molar-refractivity contribution in [2.24, 2.45) is 5.73 Å². The van der Waals surface area contributed by atoms with E-state index in [0.29, 0.717) is 5.56 Å². The number of halogens is 2. The van der Waals surface area contributed by atoms with E-state index in [2.05, 4.69) is 5.32 Å². The monoisotopic (exact) mass is 371 g/mol. The van der Waals surface area contributed by atoms with Crippen molar-refractivity contribution in [3.63, 3.8) is 0 Å². The number of primary amides is 1. The quantitative estimate of drug-likeness (QED) is 0.599. The first-order chi connectivity index (χ1) is 11.7. The van der Waals surface area contributed by atoms with Gasteiger partial charge in [-0.1, -0.05) is 11.6 Å². The van der Waals surface area contributed by atoms with Gasteiger partial charge in [0.25, 0.3) is 11.8 Å². The highest BCUT2D eigenvalue weighted by Gasteiger charge is 2.49. The molecule has 0 saturated carbocycles. The van der Waals surface area contributed by atoms with Crippen molar-refractivity contribution in [2.75, 3.05) is 13.1 Å². The van der Waals surface area contributed by atoms with Gasteiger partial charge in [0.15, 0.2) is 0 Å². The maximum atomic E-state index is 13.5. The summed E-state index contributed by atoms with van der Waals surface area (Å²) in [4.78, 5) is 36.6. The zero-order chi connectivity index (χ0) is 18.6. The largest absolute Gasteiger partial charge is 0.372 e. The summed E-state index contributed by atoms with van der Waals surface area (Å²) in [6.45, 7) is 0.193. The first-order valence-corrected chi connectivity index (χ1v) is 8.13. The Bertz CT molecular complexity index is 680. The Balaban J connectivity index is 2.21. The maximum absolute atomic E-state index is 13.5. The van der Waals surface area contributed by atoms with E-state index in [-0.39, 0.29) is 43.9 Å². The molecule has 136 valence electrons.